The Morgan fingerprint density at radius 3 is 2.56 bits per heavy atom. The lowest BCUT2D eigenvalue weighted by Gasteiger charge is -2.24. The highest BCUT2D eigenvalue weighted by Gasteiger charge is 2.19. The first-order valence-corrected chi connectivity index (χ1v) is 6.19. The van der Waals surface area contributed by atoms with Gasteiger partial charge in [0.05, 0.1) is 6.07 Å². The molecular formula is C15H22N2O. The minimum absolute atomic E-state index is 0.0309. The van der Waals surface area contributed by atoms with Gasteiger partial charge in [0.15, 0.2) is 0 Å². The maximum Gasteiger partial charge on any atom is 0.129 e. The van der Waals surface area contributed by atoms with Gasteiger partial charge in [0, 0.05) is 0 Å². The summed E-state index contributed by atoms with van der Waals surface area (Å²) in [5.74, 6) is 0.864. The minimum atomic E-state index is -0.279. The fourth-order valence-corrected chi connectivity index (χ4v) is 1.71. The summed E-state index contributed by atoms with van der Waals surface area (Å²) >= 11 is 0. The number of hydrogen-bond acceptors (Lipinski definition) is 3. The average Bonchev–Trinajstić information content (AvgIpc) is 2.30. The van der Waals surface area contributed by atoms with Crippen molar-refractivity contribution >= 4 is 0 Å². The van der Waals surface area contributed by atoms with E-state index in [-0.39, 0.29) is 11.5 Å². The van der Waals surface area contributed by atoms with Crippen molar-refractivity contribution < 1.29 is 4.74 Å². The highest BCUT2D eigenvalue weighted by atomic mass is 16.5. The molecule has 0 saturated heterocycles. The second-order valence-corrected chi connectivity index (χ2v) is 5.53. The van der Waals surface area contributed by atoms with Gasteiger partial charge in [0.2, 0.25) is 0 Å². The Balaban J connectivity index is 2.93. The van der Waals surface area contributed by atoms with E-state index in [1.165, 1.54) is 11.1 Å². The van der Waals surface area contributed by atoms with Gasteiger partial charge < -0.3 is 10.1 Å². The molecule has 0 aliphatic carbocycles. The van der Waals surface area contributed by atoms with Crippen LogP contribution in [0.15, 0.2) is 18.2 Å². The maximum absolute atomic E-state index is 8.88. The van der Waals surface area contributed by atoms with Crippen LogP contribution in [0.1, 0.15) is 31.9 Å². The normalized spacial score (nSPS) is 12.9. The molecule has 1 rings (SSSR count). The number of likely N-dealkylation sites (N-methyl/N-ethyl adjacent to an activating group) is 1. The predicted octanol–water partition coefficient (Wildman–Crippen LogP) is 2.78. The van der Waals surface area contributed by atoms with Crippen molar-refractivity contribution in [1.82, 2.24) is 5.32 Å². The molecule has 0 aliphatic rings. The lowest BCUT2D eigenvalue weighted by atomic mass is 9.85. The highest BCUT2D eigenvalue weighted by Crippen LogP contribution is 2.32. The van der Waals surface area contributed by atoms with E-state index in [2.05, 4.69) is 45.1 Å². The minimum Gasteiger partial charge on any atom is -0.491 e. The molecule has 0 spiro atoms. The fourth-order valence-electron chi connectivity index (χ4n) is 1.71. The molecule has 1 aromatic rings. The number of benzene rings is 1. The Bertz CT molecular complexity index is 441. The lowest BCUT2D eigenvalue weighted by molar-refractivity contribution is 0.287. The van der Waals surface area contributed by atoms with Crippen LogP contribution in [0, 0.1) is 18.3 Å². The smallest absolute Gasteiger partial charge is 0.129 e. The Morgan fingerprint density at radius 2 is 2.06 bits per heavy atom. The lowest BCUT2D eigenvalue weighted by Crippen LogP contribution is -2.30. The molecule has 0 amide bonds. The SMILES string of the molecule is CNC(C#N)COc1ccc(C)cc1C(C)(C)C. The molecule has 0 bridgehead atoms. The molecular weight excluding hydrogens is 224 g/mol. The van der Waals surface area contributed by atoms with Crippen molar-refractivity contribution in [3.05, 3.63) is 29.3 Å². The van der Waals surface area contributed by atoms with Crippen molar-refractivity contribution in [1.29, 1.82) is 5.26 Å². The predicted molar refractivity (Wildman–Crippen MR) is 73.8 cm³/mol. The Kier molecular flexibility index (Phi) is 4.75. The van der Waals surface area contributed by atoms with E-state index in [9.17, 15) is 0 Å². The average molecular weight is 246 g/mol. The first-order chi connectivity index (χ1) is 8.38. The summed E-state index contributed by atoms with van der Waals surface area (Å²) in [6.07, 6.45) is 0. The molecule has 1 aromatic carbocycles. The number of ether oxygens (including phenoxy) is 1. The first kappa shape index (κ1) is 14.5. The Hall–Kier alpha value is -1.53. The molecule has 3 heteroatoms. The monoisotopic (exact) mass is 246 g/mol. The van der Waals surface area contributed by atoms with Gasteiger partial charge in [0.1, 0.15) is 18.4 Å². The van der Waals surface area contributed by atoms with Crippen LogP contribution in [0.4, 0.5) is 0 Å². The topological polar surface area (TPSA) is 45.0 Å². The van der Waals surface area contributed by atoms with Crippen LogP contribution in [-0.2, 0) is 5.41 Å². The summed E-state index contributed by atoms with van der Waals surface area (Å²) in [5, 5.41) is 11.8. The van der Waals surface area contributed by atoms with Gasteiger partial charge in [-0.15, -0.1) is 0 Å². The van der Waals surface area contributed by atoms with Crippen LogP contribution in [0.25, 0.3) is 0 Å². The quantitative estimate of drug-likeness (QED) is 0.888. The zero-order valence-electron chi connectivity index (χ0n) is 11.9. The van der Waals surface area contributed by atoms with E-state index in [4.69, 9.17) is 10.00 Å². The summed E-state index contributed by atoms with van der Waals surface area (Å²) in [5.41, 5.74) is 2.43. The molecule has 0 saturated carbocycles. The largest absolute Gasteiger partial charge is 0.491 e. The third-order valence-electron chi connectivity index (χ3n) is 2.85. The van der Waals surface area contributed by atoms with Crippen molar-refractivity contribution in [3.8, 4) is 11.8 Å². The van der Waals surface area contributed by atoms with E-state index in [0.29, 0.717) is 6.61 Å². The molecule has 0 aliphatic heterocycles. The maximum atomic E-state index is 8.88. The van der Waals surface area contributed by atoms with Crippen molar-refractivity contribution in [3.63, 3.8) is 0 Å². The van der Waals surface area contributed by atoms with Crippen molar-refractivity contribution in [2.75, 3.05) is 13.7 Å². The van der Waals surface area contributed by atoms with Gasteiger partial charge in [-0.1, -0.05) is 38.5 Å². The third kappa shape index (κ3) is 3.75. The zero-order valence-corrected chi connectivity index (χ0v) is 11.9. The van der Waals surface area contributed by atoms with Crippen LogP contribution >= 0.6 is 0 Å². The number of nitrogens with zero attached hydrogens (tertiary/aromatic N) is 1. The zero-order chi connectivity index (χ0) is 13.8. The number of aryl methyl sites for hydroxylation is 1. The number of nitrogens with one attached hydrogen (secondary N) is 1. The summed E-state index contributed by atoms with van der Waals surface area (Å²) in [6.45, 7) is 8.92. The fraction of sp³-hybridized carbons (Fsp3) is 0.533. The van der Waals surface area contributed by atoms with Gasteiger partial charge in [0.25, 0.3) is 0 Å². The van der Waals surface area contributed by atoms with Crippen LogP contribution < -0.4 is 10.1 Å². The highest BCUT2D eigenvalue weighted by molar-refractivity contribution is 5.41. The van der Waals surface area contributed by atoms with Gasteiger partial charge in [-0.05, 0) is 31.0 Å². The van der Waals surface area contributed by atoms with E-state index >= 15 is 0 Å². The summed E-state index contributed by atoms with van der Waals surface area (Å²) in [7, 11) is 1.76. The molecule has 18 heavy (non-hydrogen) atoms. The van der Waals surface area contributed by atoms with Crippen LogP contribution in [0.3, 0.4) is 0 Å². The molecule has 0 aromatic heterocycles. The molecule has 0 fully saturated rings. The van der Waals surface area contributed by atoms with Gasteiger partial charge in [-0.3, -0.25) is 0 Å². The molecule has 0 heterocycles. The number of hydrogen-bond donors (Lipinski definition) is 1. The van der Waals surface area contributed by atoms with E-state index < -0.39 is 0 Å². The van der Waals surface area contributed by atoms with Gasteiger partial charge in [-0.25, -0.2) is 0 Å². The Morgan fingerprint density at radius 1 is 1.39 bits per heavy atom. The molecule has 1 unspecified atom stereocenters. The number of nitriles is 1. The van der Waals surface area contributed by atoms with Crippen LogP contribution in [0.5, 0.6) is 5.75 Å². The molecule has 98 valence electrons. The van der Waals surface area contributed by atoms with Crippen molar-refractivity contribution in [2.45, 2.75) is 39.2 Å². The summed E-state index contributed by atoms with van der Waals surface area (Å²) in [6, 6.07) is 8.04. The number of rotatable bonds is 4. The second kappa shape index (κ2) is 5.88. The van der Waals surface area contributed by atoms with E-state index in [0.717, 1.165) is 5.75 Å². The van der Waals surface area contributed by atoms with E-state index in [1.54, 1.807) is 7.05 Å². The van der Waals surface area contributed by atoms with Crippen molar-refractivity contribution in [2.24, 2.45) is 0 Å². The third-order valence-corrected chi connectivity index (χ3v) is 2.85. The summed E-state index contributed by atoms with van der Waals surface area (Å²) < 4.78 is 5.78. The van der Waals surface area contributed by atoms with Crippen LogP contribution in [0.2, 0.25) is 0 Å². The standard InChI is InChI=1S/C15H22N2O/c1-11-6-7-14(13(8-11)15(2,3)4)18-10-12(9-16)17-5/h6-8,12,17H,10H2,1-5H3. The van der Waals surface area contributed by atoms with Gasteiger partial charge >= 0.3 is 0 Å². The Labute approximate surface area is 110 Å². The second-order valence-electron chi connectivity index (χ2n) is 5.53. The van der Waals surface area contributed by atoms with Crippen LogP contribution in [-0.4, -0.2) is 19.7 Å². The molecule has 0 radical (unpaired) electrons. The molecule has 1 atom stereocenters. The first-order valence-electron chi connectivity index (χ1n) is 6.19. The van der Waals surface area contributed by atoms with E-state index in [1.807, 2.05) is 12.1 Å². The molecule has 3 nitrogen and oxygen atoms in total. The molecule has 1 N–H and O–H groups in total. The van der Waals surface area contributed by atoms with Gasteiger partial charge in [-0.2, -0.15) is 5.26 Å². The summed E-state index contributed by atoms with van der Waals surface area (Å²) in [4.78, 5) is 0.